The Morgan fingerprint density at radius 3 is 2.19 bits per heavy atom. The predicted octanol–water partition coefficient (Wildman–Crippen LogP) is 3.27. The zero-order valence-corrected chi connectivity index (χ0v) is 20.3. The lowest BCUT2D eigenvalue weighted by molar-refractivity contribution is 0.102. The normalized spacial score (nSPS) is 21.3. The summed E-state index contributed by atoms with van der Waals surface area (Å²) in [6, 6.07) is 4.33. The van der Waals surface area contributed by atoms with E-state index >= 15 is 0 Å². The summed E-state index contributed by atoms with van der Waals surface area (Å²) >= 11 is 0. The van der Waals surface area contributed by atoms with Crippen LogP contribution in [0.25, 0.3) is 5.65 Å². The lowest BCUT2D eigenvalue weighted by Crippen LogP contribution is -2.45. The van der Waals surface area contributed by atoms with Crippen molar-refractivity contribution in [3.63, 3.8) is 0 Å². The van der Waals surface area contributed by atoms with E-state index in [9.17, 15) is 14.0 Å². The summed E-state index contributed by atoms with van der Waals surface area (Å²) < 4.78 is 15.5. The van der Waals surface area contributed by atoms with Gasteiger partial charge >= 0.3 is 6.03 Å². The van der Waals surface area contributed by atoms with E-state index in [2.05, 4.69) is 41.7 Å². The van der Waals surface area contributed by atoms with Crippen LogP contribution in [-0.2, 0) is 0 Å². The Kier molecular flexibility index (Phi) is 6.23. The smallest absolute Gasteiger partial charge is 0.315 e. The van der Waals surface area contributed by atoms with Crippen molar-refractivity contribution in [1.82, 2.24) is 30.2 Å². The number of carbonyl (C=O) groups excluding carboxylic acids is 2. The topological polar surface area (TPSA) is 137 Å². The van der Waals surface area contributed by atoms with Gasteiger partial charge < -0.3 is 26.6 Å². The summed E-state index contributed by atoms with van der Waals surface area (Å²) in [6.45, 7) is 0. The van der Waals surface area contributed by atoms with E-state index in [4.69, 9.17) is 0 Å². The third-order valence-electron chi connectivity index (χ3n) is 6.98. The second-order valence-electron chi connectivity index (χ2n) is 10.1. The van der Waals surface area contributed by atoms with Gasteiger partial charge in [0.1, 0.15) is 5.82 Å². The number of imidazole rings is 1. The number of fused-ring (bicyclic) bond motifs is 1. The molecule has 0 saturated heterocycles. The average molecular weight is 508 g/mol. The molecule has 3 aromatic heterocycles. The second kappa shape index (κ2) is 9.83. The molecule has 12 heteroatoms. The van der Waals surface area contributed by atoms with Gasteiger partial charge in [-0.2, -0.15) is 0 Å². The zero-order chi connectivity index (χ0) is 25.4. The molecular formula is C25H30FN9O2. The first-order valence-electron chi connectivity index (χ1n) is 12.9. The fourth-order valence-corrected chi connectivity index (χ4v) is 4.64. The summed E-state index contributed by atoms with van der Waals surface area (Å²) in [6.07, 6.45) is 11.7. The number of pyridine rings is 1. The van der Waals surface area contributed by atoms with Crippen LogP contribution in [0.2, 0.25) is 0 Å². The Morgan fingerprint density at radius 1 is 0.865 bits per heavy atom. The first-order valence-corrected chi connectivity index (χ1v) is 12.9. The molecule has 3 heterocycles. The third-order valence-corrected chi connectivity index (χ3v) is 6.98. The summed E-state index contributed by atoms with van der Waals surface area (Å²) in [4.78, 5) is 33.2. The molecule has 3 aromatic rings. The summed E-state index contributed by atoms with van der Waals surface area (Å²) in [7, 11) is 0. The molecule has 6 rings (SSSR count). The molecule has 0 unspecified atom stereocenters. The number of hydrogen-bond acceptors (Lipinski definition) is 7. The molecule has 0 spiro atoms. The van der Waals surface area contributed by atoms with Gasteiger partial charge in [-0.1, -0.05) is 0 Å². The number of urea groups is 1. The summed E-state index contributed by atoms with van der Waals surface area (Å²) in [5.74, 6) is -0.512. The average Bonchev–Trinajstić information content (AvgIpc) is 3.81. The molecule has 11 nitrogen and oxygen atoms in total. The van der Waals surface area contributed by atoms with Crippen molar-refractivity contribution < 1.29 is 14.0 Å². The number of nitrogens with zero attached hydrogens (tertiary/aromatic N) is 4. The van der Waals surface area contributed by atoms with Crippen LogP contribution < -0.4 is 26.6 Å². The molecule has 3 saturated carbocycles. The van der Waals surface area contributed by atoms with Gasteiger partial charge in [0.25, 0.3) is 5.91 Å². The van der Waals surface area contributed by atoms with E-state index in [0.717, 1.165) is 63.3 Å². The number of carbonyl (C=O) groups is 2. The van der Waals surface area contributed by atoms with Crippen molar-refractivity contribution >= 4 is 34.8 Å². The molecule has 3 fully saturated rings. The van der Waals surface area contributed by atoms with Gasteiger partial charge in [-0.15, -0.1) is 5.10 Å². The Balaban J connectivity index is 1.17. The minimum absolute atomic E-state index is 0.0386. The minimum atomic E-state index is -0.619. The van der Waals surface area contributed by atoms with E-state index < -0.39 is 11.7 Å². The van der Waals surface area contributed by atoms with Crippen LogP contribution in [0, 0.1) is 5.82 Å². The third kappa shape index (κ3) is 5.57. The summed E-state index contributed by atoms with van der Waals surface area (Å²) in [5.41, 5.74) is 1.56. The molecule has 194 valence electrons. The predicted molar refractivity (Wildman–Crippen MR) is 136 cm³/mol. The first kappa shape index (κ1) is 23.4. The van der Waals surface area contributed by atoms with Gasteiger partial charge in [-0.05, 0) is 57.4 Å². The first-order chi connectivity index (χ1) is 18.0. The molecule has 0 aliphatic heterocycles. The van der Waals surface area contributed by atoms with E-state index in [1.165, 1.54) is 23.0 Å². The number of halogens is 1. The maximum Gasteiger partial charge on any atom is 0.315 e. The Morgan fingerprint density at radius 2 is 1.51 bits per heavy atom. The van der Waals surface area contributed by atoms with Gasteiger partial charge in [0.05, 0.1) is 23.8 Å². The van der Waals surface area contributed by atoms with Gasteiger partial charge in [0.15, 0.2) is 17.2 Å². The monoisotopic (exact) mass is 507 g/mol. The summed E-state index contributed by atoms with van der Waals surface area (Å²) in [5, 5.41) is 20.3. The number of aromatic nitrogens is 4. The Hall–Kier alpha value is -3.96. The highest BCUT2D eigenvalue weighted by atomic mass is 19.1. The molecule has 3 aliphatic rings. The van der Waals surface area contributed by atoms with Crippen LogP contribution in [0.3, 0.4) is 0 Å². The van der Waals surface area contributed by atoms with Crippen LogP contribution >= 0.6 is 0 Å². The van der Waals surface area contributed by atoms with Crippen molar-refractivity contribution in [2.24, 2.45) is 0 Å². The van der Waals surface area contributed by atoms with Crippen LogP contribution in [0.4, 0.5) is 26.4 Å². The number of anilines is 3. The lowest BCUT2D eigenvalue weighted by atomic mass is 9.91. The van der Waals surface area contributed by atoms with E-state index in [-0.39, 0.29) is 29.5 Å². The van der Waals surface area contributed by atoms with Crippen molar-refractivity contribution in [2.45, 2.75) is 75.5 Å². The number of hydrogen-bond donors (Lipinski definition) is 5. The zero-order valence-electron chi connectivity index (χ0n) is 20.3. The minimum Gasteiger partial charge on any atom is -0.379 e. The highest BCUT2D eigenvalue weighted by Gasteiger charge is 2.28. The van der Waals surface area contributed by atoms with Gasteiger partial charge in [0, 0.05) is 36.4 Å². The largest absolute Gasteiger partial charge is 0.379 e. The van der Waals surface area contributed by atoms with Gasteiger partial charge in [-0.25, -0.2) is 18.7 Å². The molecule has 37 heavy (non-hydrogen) atoms. The van der Waals surface area contributed by atoms with Gasteiger partial charge in [-0.3, -0.25) is 9.78 Å². The fraction of sp³-hybridized carbons (Fsp3) is 0.480. The number of rotatable bonds is 8. The highest BCUT2D eigenvalue weighted by molar-refractivity contribution is 6.03. The molecule has 5 N–H and O–H groups in total. The maximum absolute atomic E-state index is 14.0. The molecule has 0 radical (unpaired) electrons. The quantitative estimate of drug-likeness (QED) is 0.316. The molecule has 3 aliphatic carbocycles. The van der Waals surface area contributed by atoms with Crippen molar-refractivity contribution in [3.05, 3.63) is 42.2 Å². The molecular weight excluding hydrogens is 477 g/mol. The van der Waals surface area contributed by atoms with E-state index in [1.807, 2.05) is 6.07 Å². The van der Waals surface area contributed by atoms with Crippen LogP contribution in [0.15, 0.2) is 30.7 Å². The SMILES string of the molecule is O=C(NC1CC1)N[C@H]1CC[C@H](Nc2cc(NC3CC3)c3ncc(C(=O)Nc4ccncc4F)n3n2)CC1. The number of nitrogens with one attached hydrogen (secondary N) is 5. The van der Waals surface area contributed by atoms with E-state index in [1.54, 1.807) is 0 Å². The van der Waals surface area contributed by atoms with E-state index in [0.29, 0.717) is 23.5 Å². The molecule has 0 atom stereocenters. The second-order valence-corrected chi connectivity index (χ2v) is 10.1. The van der Waals surface area contributed by atoms with Crippen molar-refractivity contribution in [1.29, 1.82) is 0 Å². The molecule has 3 amide bonds. The van der Waals surface area contributed by atoms with Crippen molar-refractivity contribution in [2.75, 3.05) is 16.0 Å². The highest BCUT2D eigenvalue weighted by Crippen LogP contribution is 2.30. The molecule has 0 bridgehead atoms. The fourth-order valence-electron chi connectivity index (χ4n) is 4.64. The Bertz CT molecular complexity index is 1310. The van der Waals surface area contributed by atoms with Crippen LogP contribution in [0.1, 0.15) is 61.9 Å². The lowest BCUT2D eigenvalue weighted by Gasteiger charge is -2.30. The number of amides is 3. The van der Waals surface area contributed by atoms with Crippen LogP contribution in [0.5, 0.6) is 0 Å². The Labute approximate surface area is 213 Å². The molecule has 0 aromatic carbocycles. The van der Waals surface area contributed by atoms with Crippen LogP contribution in [-0.4, -0.2) is 55.7 Å². The van der Waals surface area contributed by atoms with Crippen molar-refractivity contribution in [3.8, 4) is 0 Å². The van der Waals surface area contributed by atoms with Gasteiger partial charge in [0.2, 0.25) is 0 Å². The maximum atomic E-state index is 14.0. The standard InChI is InChI=1S/C25H30FN9O2/c26-18-12-27-10-9-19(18)33-24(36)21-13-28-23-20(29-14-1-2-14)11-22(34-35(21)23)30-15-3-5-16(6-4-15)31-25(37)32-17-7-8-17/h9-17,29H,1-8H2,(H,30,34)(H,27,33,36)(H2,31,32,37)/t15-,16-.